The summed E-state index contributed by atoms with van der Waals surface area (Å²) in [4.78, 5) is 21.3. The molecule has 0 radical (unpaired) electrons. The first-order valence-corrected chi connectivity index (χ1v) is 9.81. The van der Waals surface area contributed by atoms with Crippen LogP contribution in [-0.2, 0) is 12.0 Å². The summed E-state index contributed by atoms with van der Waals surface area (Å²) in [5, 5.41) is 10.6. The Morgan fingerprint density at radius 2 is 1.80 bits per heavy atom. The summed E-state index contributed by atoms with van der Waals surface area (Å²) in [6.45, 7) is 7.00. The van der Waals surface area contributed by atoms with Gasteiger partial charge in [0.25, 0.3) is 5.91 Å². The second-order valence-corrected chi connectivity index (χ2v) is 8.10. The maximum absolute atomic E-state index is 12.6. The highest BCUT2D eigenvalue weighted by molar-refractivity contribution is 6.03. The highest BCUT2D eigenvalue weighted by Crippen LogP contribution is 2.22. The molecule has 0 aliphatic heterocycles. The smallest absolute Gasteiger partial charge is 0.256 e. The third kappa shape index (κ3) is 4.46. The van der Waals surface area contributed by atoms with Crippen LogP contribution >= 0.6 is 0 Å². The van der Waals surface area contributed by atoms with Crippen LogP contribution in [0.2, 0.25) is 0 Å². The lowest BCUT2D eigenvalue weighted by Gasteiger charge is -2.18. The molecule has 7 nitrogen and oxygen atoms in total. The van der Waals surface area contributed by atoms with E-state index in [1.807, 2.05) is 54.6 Å². The van der Waals surface area contributed by atoms with Crippen molar-refractivity contribution in [3.05, 3.63) is 83.8 Å². The summed E-state index contributed by atoms with van der Waals surface area (Å²) in [5.41, 5.74) is 3.39. The molecule has 0 fully saturated rings. The van der Waals surface area contributed by atoms with E-state index in [2.05, 4.69) is 46.5 Å². The highest BCUT2D eigenvalue weighted by Gasteiger charge is 2.15. The summed E-state index contributed by atoms with van der Waals surface area (Å²) in [6, 6.07) is 17.1. The Hall–Kier alpha value is -3.74. The second-order valence-electron chi connectivity index (χ2n) is 8.10. The second kappa shape index (κ2) is 7.94. The number of hydrogen-bond donors (Lipinski definition) is 2. The first-order valence-electron chi connectivity index (χ1n) is 9.81. The number of pyridine rings is 1. The van der Waals surface area contributed by atoms with Gasteiger partial charge in [-0.2, -0.15) is 0 Å². The number of nitrogens with one attached hydrogen (secondary N) is 2. The number of benzene rings is 1. The first kappa shape index (κ1) is 19.6. The standard InChI is InChI=1S/C23H24N6O/c1-23(2,3)17-9-7-16(8-10-17)22(30)27-20-15-29-21(26-20)12-11-19(28-29)25-14-18-6-4-5-13-24-18/h4-13,15H,14H2,1-3H3,(H,25,28)(H,27,30). The Balaban J connectivity index is 1.45. The third-order valence-corrected chi connectivity index (χ3v) is 4.75. The molecule has 1 amide bonds. The van der Waals surface area contributed by atoms with Crippen LogP contribution in [0.4, 0.5) is 11.6 Å². The van der Waals surface area contributed by atoms with Crippen molar-refractivity contribution in [3.8, 4) is 0 Å². The fourth-order valence-electron chi connectivity index (χ4n) is 3.03. The van der Waals surface area contributed by atoms with Gasteiger partial charge in [-0.15, -0.1) is 5.10 Å². The van der Waals surface area contributed by atoms with E-state index in [-0.39, 0.29) is 11.3 Å². The van der Waals surface area contributed by atoms with E-state index in [1.165, 1.54) is 5.56 Å². The van der Waals surface area contributed by atoms with Crippen molar-refractivity contribution in [1.29, 1.82) is 0 Å². The van der Waals surface area contributed by atoms with Crippen LogP contribution in [0.25, 0.3) is 5.65 Å². The molecular formula is C23H24N6O. The number of imidazole rings is 1. The van der Waals surface area contributed by atoms with Crippen LogP contribution in [-0.4, -0.2) is 25.5 Å². The van der Waals surface area contributed by atoms with Gasteiger partial charge in [0.15, 0.2) is 11.5 Å². The van der Waals surface area contributed by atoms with Gasteiger partial charge in [0.1, 0.15) is 5.82 Å². The largest absolute Gasteiger partial charge is 0.363 e. The van der Waals surface area contributed by atoms with E-state index < -0.39 is 0 Å². The van der Waals surface area contributed by atoms with Gasteiger partial charge in [-0.05, 0) is 47.4 Å². The molecule has 0 aliphatic rings. The maximum Gasteiger partial charge on any atom is 0.256 e. The van der Waals surface area contributed by atoms with Gasteiger partial charge in [-0.1, -0.05) is 39.0 Å². The molecule has 2 N–H and O–H groups in total. The van der Waals surface area contributed by atoms with Crippen LogP contribution in [0, 0.1) is 0 Å². The summed E-state index contributed by atoms with van der Waals surface area (Å²) < 4.78 is 1.64. The normalized spacial score (nSPS) is 11.4. The molecule has 30 heavy (non-hydrogen) atoms. The summed E-state index contributed by atoms with van der Waals surface area (Å²) >= 11 is 0. The number of aromatic nitrogens is 4. The van der Waals surface area contributed by atoms with Crippen LogP contribution in [0.15, 0.2) is 67.0 Å². The minimum Gasteiger partial charge on any atom is -0.363 e. The van der Waals surface area contributed by atoms with Gasteiger partial charge >= 0.3 is 0 Å². The Bertz CT molecular complexity index is 1160. The van der Waals surface area contributed by atoms with Gasteiger partial charge in [0, 0.05) is 11.8 Å². The van der Waals surface area contributed by atoms with Crippen LogP contribution in [0.1, 0.15) is 42.4 Å². The number of nitrogens with zero attached hydrogens (tertiary/aromatic N) is 4. The summed E-state index contributed by atoms with van der Waals surface area (Å²) in [7, 11) is 0. The van der Waals surface area contributed by atoms with Gasteiger partial charge < -0.3 is 10.6 Å². The van der Waals surface area contributed by atoms with Crippen molar-refractivity contribution < 1.29 is 4.79 Å². The van der Waals surface area contributed by atoms with Crippen molar-refractivity contribution in [3.63, 3.8) is 0 Å². The number of fused-ring (bicyclic) bond motifs is 1. The predicted molar refractivity (Wildman–Crippen MR) is 118 cm³/mol. The molecule has 4 aromatic rings. The monoisotopic (exact) mass is 400 g/mol. The van der Waals surface area contributed by atoms with Crippen molar-refractivity contribution in [2.75, 3.05) is 10.6 Å². The Morgan fingerprint density at radius 3 is 2.50 bits per heavy atom. The number of amides is 1. The summed E-state index contributed by atoms with van der Waals surface area (Å²) in [6.07, 6.45) is 3.46. The number of hydrogen-bond acceptors (Lipinski definition) is 5. The summed E-state index contributed by atoms with van der Waals surface area (Å²) in [5.74, 6) is 0.947. The first-order chi connectivity index (χ1) is 14.4. The molecule has 152 valence electrons. The molecule has 0 aliphatic carbocycles. The predicted octanol–water partition coefficient (Wildman–Crippen LogP) is 4.29. The minimum atomic E-state index is -0.202. The molecular weight excluding hydrogens is 376 g/mol. The van der Waals surface area contributed by atoms with Crippen LogP contribution in [0.5, 0.6) is 0 Å². The number of anilines is 2. The van der Waals surface area contributed by atoms with Crippen LogP contribution < -0.4 is 10.6 Å². The SMILES string of the molecule is CC(C)(C)c1ccc(C(=O)Nc2cn3nc(NCc4ccccn4)ccc3n2)cc1. The van der Waals surface area contributed by atoms with Gasteiger partial charge in [-0.3, -0.25) is 9.78 Å². The topological polar surface area (TPSA) is 84.2 Å². The quantitative estimate of drug-likeness (QED) is 0.522. The van der Waals surface area contributed by atoms with Crippen LogP contribution in [0.3, 0.4) is 0 Å². The molecule has 0 saturated heterocycles. The fraction of sp³-hybridized carbons (Fsp3) is 0.217. The average Bonchev–Trinajstić information content (AvgIpc) is 3.14. The molecule has 7 heteroatoms. The van der Waals surface area contributed by atoms with Crippen molar-refractivity contribution >= 4 is 23.2 Å². The molecule has 3 aromatic heterocycles. The Kier molecular flexibility index (Phi) is 5.18. The zero-order chi connectivity index (χ0) is 21.1. The zero-order valence-electron chi connectivity index (χ0n) is 17.3. The lowest BCUT2D eigenvalue weighted by Crippen LogP contribution is -2.14. The minimum absolute atomic E-state index is 0.0462. The van der Waals surface area contributed by atoms with E-state index in [4.69, 9.17) is 0 Å². The van der Waals surface area contributed by atoms with Crippen molar-refractivity contribution in [2.45, 2.75) is 32.7 Å². The zero-order valence-corrected chi connectivity index (χ0v) is 17.3. The van der Waals surface area contributed by atoms with E-state index in [9.17, 15) is 4.79 Å². The number of carbonyl (C=O) groups is 1. The fourth-order valence-corrected chi connectivity index (χ4v) is 3.03. The van der Waals surface area contributed by atoms with E-state index >= 15 is 0 Å². The van der Waals surface area contributed by atoms with Gasteiger partial charge in [0.2, 0.25) is 0 Å². The molecule has 0 bridgehead atoms. The average molecular weight is 400 g/mol. The highest BCUT2D eigenvalue weighted by atomic mass is 16.1. The van der Waals surface area contributed by atoms with Gasteiger partial charge in [0.05, 0.1) is 18.4 Å². The van der Waals surface area contributed by atoms with E-state index in [1.54, 1.807) is 16.9 Å². The molecule has 4 rings (SSSR count). The lowest BCUT2D eigenvalue weighted by molar-refractivity contribution is 0.102. The van der Waals surface area contributed by atoms with Crippen molar-refractivity contribution in [1.82, 2.24) is 19.6 Å². The number of carbonyl (C=O) groups excluding carboxylic acids is 1. The molecule has 0 unspecified atom stereocenters. The molecule has 0 spiro atoms. The lowest BCUT2D eigenvalue weighted by atomic mass is 9.87. The van der Waals surface area contributed by atoms with E-state index in [0.717, 1.165) is 5.69 Å². The van der Waals surface area contributed by atoms with Gasteiger partial charge in [-0.25, -0.2) is 9.50 Å². The molecule has 1 aromatic carbocycles. The Morgan fingerprint density at radius 1 is 1.00 bits per heavy atom. The molecule has 0 atom stereocenters. The maximum atomic E-state index is 12.6. The third-order valence-electron chi connectivity index (χ3n) is 4.75. The number of rotatable bonds is 5. The Labute approximate surface area is 175 Å². The molecule has 0 saturated carbocycles. The molecule has 3 heterocycles. The van der Waals surface area contributed by atoms with E-state index in [0.29, 0.717) is 29.4 Å². The van der Waals surface area contributed by atoms with Crippen molar-refractivity contribution in [2.24, 2.45) is 0 Å².